The molecule has 0 saturated heterocycles. The highest BCUT2D eigenvalue weighted by atomic mass is 35.5. The van der Waals surface area contributed by atoms with Crippen molar-refractivity contribution in [1.82, 2.24) is 0 Å². The summed E-state index contributed by atoms with van der Waals surface area (Å²) in [7, 11) is -4.07. The van der Waals surface area contributed by atoms with Gasteiger partial charge in [0, 0.05) is 10.7 Å². The molecule has 0 aliphatic heterocycles. The van der Waals surface area contributed by atoms with Crippen molar-refractivity contribution in [3.05, 3.63) is 88.4 Å². The monoisotopic (exact) mass is 500 g/mol. The molecule has 3 aromatic rings. The first-order chi connectivity index (χ1) is 16.1. The minimum Gasteiger partial charge on any atom is -0.462 e. The van der Waals surface area contributed by atoms with Gasteiger partial charge in [0.1, 0.15) is 6.54 Å². The molecule has 1 N–H and O–H groups in total. The summed E-state index contributed by atoms with van der Waals surface area (Å²) in [6, 6.07) is 17.4. The largest absolute Gasteiger partial charge is 0.462 e. The number of hydrogen-bond donors (Lipinski definition) is 1. The molecule has 3 aromatic carbocycles. The maximum absolute atomic E-state index is 13.5. The zero-order valence-corrected chi connectivity index (χ0v) is 20.6. The molecule has 9 heteroatoms. The number of nitrogens with one attached hydrogen (secondary N) is 1. The Hall–Kier alpha value is -3.36. The van der Waals surface area contributed by atoms with E-state index >= 15 is 0 Å². The van der Waals surface area contributed by atoms with Gasteiger partial charge in [-0.05, 0) is 80.4 Å². The van der Waals surface area contributed by atoms with Crippen molar-refractivity contribution in [1.29, 1.82) is 0 Å². The second-order valence-electron chi connectivity index (χ2n) is 7.60. The van der Waals surface area contributed by atoms with Crippen LogP contribution in [0.5, 0.6) is 0 Å². The molecular formula is C25H25ClN2O5S. The van der Waals surface area contributed by atoms with Crippen LogP contribution in [0.2, 0.25) is 5.02 Å². The molecule has 0 heterocycles. The van der Waals surface area contributed by atoms with Crippen LogP contribution in [-0.4, -0.2) is 33.4 Å². The molecule has 0 saturated carbocycles. The average Bonchev–Trinajstić information content (AvgIpc) is 2.79. The van der Waals surface area contributed by atoms with Crippen LogP contribution in [0.3, 0.4) is 0 Å². The van der Waals surface area contributed by atoms with Crippen LogP contribution in [0.15, 0.2) is 71.6 Å². The summed E-state index contributed by atoms with van der Waals surface area (Å²) < 4.78 is 33.0. The van der Waals surface area contributed by atoms with Gasteiger partial charge in [0.25, 0.3) is 10.0 Å². The van der Waals surface area contributed by atoms with E-state index < -0.39 is 28.4 Å². The number of amides is 1. The summed E-state index contributed by atoms with van der Waals surface area (Å²) >= 11 is 5.92. The fourth-order valence-electron chi connectivity index (χ4n) is 3.25. The average molecular weight is 501 g/mol. The van der Waals surface area contributed by atoms with Gasteiger partial charge in [0.2, 0.25) is 5.91 Å². The molecular weight excluding hydrogens is 476 g/mol. The molecule has 0 aromatic heterocycles. The smallest absolute Gasteiger partial charge is 0.338 e. The van der Waals surface area contributed by atoms with Crippen LogP contribution in [0.1, 0.15) is 28.4 Å². The quantitative estimate of drug-likeness (QED) is 0.441. The first-order valence-electron chi connectivity index (χ1n) is 10.5. The van der Waals surface area contributed by atoms with E-state index in [2.05, 4.69) is 5.32 Å². The van der Waals surface area contributed by atoms with Crippen molar-refractivity contribution in [2.45, 2.75) is 25.7 Å². The number of benzene rings is 3. The number of carbonyl (C=O) groups is 2. The Bertz CT molecular complexity index is 1310. The van der Waals surface area contributed by atoms with E-state index in [9.17, 15) is 18.0 Å². The van der Waals surface area contributed by atoms with E-state index in [4.69, 9.17) is 16.3 Å². The lowest BCUT2D eigenvalue weighted by molar-refractivity contribution is -0.114. The van der Waals surface area contributed by atoms with Crippen LogP contribution in [0.25, 0.3) is 0 Å². The molecule has 1 amide bonds. The Labute approximate surface area is 204 Å². The number of sulfonamides is 1. The minimum atomic E-state index is -4.07. The molecule has 0 radical (unpaired) electrons. The van der Waals surface area contributed by atoms with Crippen LogP contribution in [-0.2, 0) is 19.6 Å². The number of nitrogens with zero attached hydrogens (tertiary/aromatic N) is 1. The lowest BCUT2D eigenvalue weighted by Crippen LogP contribution is -2.38. The molecule has 3 rings (SSSR count). The first kappa shape index (κ1) is 25.3. The van der Waals surface area contributed by atoms with E-state index in [-0.39, 0.29) is 17.1 Å². The number of anilines is 2. The van der Waals surface area contributed by atoms with E-state index in [1.165, 1.54) is 30.3 Å². The molecule has 0 fully saturated rings. The number of carbonyl (C=O) groups excluding carboxylic acids is 2. The third kappa shape index (κ3) is 5.95. The van der Waals surface area contributed by atoms with Crippen molar-refractivity contribution in [3.8, 4) is 0 Å². The topological polar surface area (TPSA) is 92.8 Å². The molecule has 0 bridgehead atoms. The van der Waals surface area contributed by atoms with Gasteiger partial charge in [-0.1, -0.05) is 29.8 Å². The Kier molecular flexibility index (Phi) is 7.96. The number of halogens is 1. The maximum atomic E-state index is 13.5. The summed E-state index contributed by atoms with van der Waals surface area (Å²) in [6.45, 7) is 5.06. The van der Waals surface area contributed by atoms with Gasteiger partial charge in [-0.2, -0.15) is 0 Å². The van der Waals surface area contributed by atoms with Gasteiger partial charge in [0.15, 0.2) is 0 Å². The number of aryl methyl sites for hydroxylation is 2. The van der Waals surface area contributed by atoms with Gasteiger partial charge >= 0.3 is 5.97 Å². The van der Waals surface area contributed by atoms with Gasteiger partial charge in [0.05, 0.1) is 22.8 Å². The highest BCUT2D eigenvalue weighted by Gasteiger charge is 2.27. The molecule has 0 spiro atoms. The van der Waals surface area contributed by atoms with Gasteiger partial charge in [-0.3, -0.25) is 9.10 Å². The highest BCUT2D eigenvalue weighted by molar-refractivity contribution is 7.92. The fourth-order valence-corrected chi connectivity index (χ4v) is 4.79. The first-order valence-corrected chi connectivity index (χ1v) is 12.4. The van der Waals surface area contributed by atoms with Gasteiger partial charge < -0.3 is 10.1 Å². The van der Waals surface area contributed by atoms with Crippen molar-refractivity contribution in [2.24, 2.45) is 0 Å². The fraction of sp³-hybridized carbons (Fsp3) is 0.200. The molecule has 7 nitrogen and oxygen atoms in total. The second kappa shape index (κ2) is 10.7. The van der Waals surface area contributed by atoms with Gasteiger partial charge in [-0.15, -0.1) is 0 Å². The van der Waals surface area contributed by atoms with E-state index in [0.29, 0.717) is 22.0 Å². The zero-order valence-electron chi connectivity index (χ0n) is 19.0. The van der Waals surface area contributed by atoms with Crippen molar-refractivity contribution >= 4 is 44.9 Å². The van der Waals surface area contributed by atoms with Gasteiger partial charge in [-0.25, -0.2) is 13.2 Å². The Morgan fingerprint density at radius 2 is 1.71 bits per heavy atom. The Morgan fingerprint density at radius 3 is 2.35 bits per heavy atom. The number of rotatable bonds is 8. The Morgan fingerprint density at radius 1 is 1.00 bits per heavy atom. The lowest BCUT2D eigenvalue weighted by Gasteiger charge is -2.24. The van der Waals surface area contributed by atoms with E-state index in [1.54, 1.807) is 44.2 Å². The Balaban J connectivity index is 1.93. The predicted octanol–water partition coefficient (Wildman–Crippen LogP) is 4.97. The highest BCUT2D eigenvalue weighted by Crippen LogP contribution is 2.26. The third-order valence-corrected chi connectivity index (χ3v) is 7.04. The molecule has 0 atom stereocenters. The second-order valence-corrected chi connectivity index (χ2v) is 9.90. The number of esters is 1. The molecule has 0 aliphatic rings. The number of hydrogen-bond acceptors (Lipinski definition) is 5. The molecule has 0 aliphatic carbocycles. The lowest BCUT2D eigenvalue weighted by atomic mass is 10.1. The maximum Gasteiger partial charge on any atom is 0.338 e. The summed E-state index contributed by atoms with van der Waals surface area (Å²) in [6.07, 6.45) is 0. The molecule has 178 valence electrons. The van der Waals surface area contributed by atoms with E-state index in [1.807, 2.05) is 13.0 Å². The number of ether oxygens (including phenoxy) is 1. The van der Waals surface area contributed by atoms with Crippen LogP contribution < -0.4 is 9.62 Å². The van der Waals surface area contributed by atoms with E-state index in [0.717, 1.165) is 9.87 Å². The normalized spacial score (nSPS) is 11.1. The van der Waals surface area contributed by atoms with Crippen molar-refractivity contribution < 1.29 is 22.7 Å². The van der Waals surface area contributed by atoms with Crippen LogP contribution in [0.4, 0.5) is 11.4 Å². The van der Waals surface area contributed by atoms with Crippen LogP contribution >= 0.6 is 11.6 Å². The third-order valence-electron chi connectivity index (χ3n) is 5.00. The summed E-state index contributed by atoms with van der Waals surface area (Å²) in [4.78, 5) is 25.1. The SMILES string of the molecule is CCOC(=O)c1ccc(C)c(NC(=O)CN(c2cccc(C)c2)S(=O)(=O)c2ccc(Cl)cc2)c1. The summed E-state index contributed by atoms with van der Waals surface area (Å²) in [5, 5.41) is 3.12. The van der Waals surface area contributed by atoms with Crippen LogP contribution in [0, 0.1) is 13.8 Å². The molecule has 0 unspecified atom stereocenters. The minimum absolute atomic E-state index is 0.00620. The summed E-state index contributed by atoms with van der Waals surface area (Å²) in [5.74, 6) is -1.08. The predicted molar refractivity (Wildman–Crippen MR) is 133 cm³/mol. The van der Waals surface area contributed by atoms with Crippen molar-refractivity contribution in [2.75, 3.05) is 22.8 Å². The standard InChI is InChI=1S/C25H25ClN2O5S/c1-4-33-25(30)19-9-8-18(3)23(15-19)27-24(29)16-28(21-7-5-6-17(2)14-21)34(31,32)22-12-10-20(26)11-13-22/h5-15H,4,16H2,1-3H3,(H,27,29). The van der Waals surface area contributed by atoms with Crippen molar-refractivity contribution in [3.63, 3.8) is 0 Å². The zero-order chi connectivity index (χ0) is 24.9. The molecule has 34 heavy (non-hydrogen) atoms. The summed E-state index contributed by atoms with van der Waals surface area (Å²) in [5.41, 5.74) is 2.58.